The fourth-order valence-corrected chi connectivity index (χ4v) is 8.04. The smallest absolute Gasteiger partial charge is 0.221 e. The average Bonchev–Trinajstić information content (AvgIpc) is 2.86. The van der Waals surface area contributed by atoms with E-state index in [1.54, 1.807) is 0 Å². The summed E-state index contributed by atoms with van der Waals surface area (Å²) in [6.45, 7) is 5.11. The van der Waals surface area contributed by atoms with Crippen LogP contribution in [0.1, 0.15) is 71.6 Å². The monoisotopic (exact) mass is 348 g/mol. The van der Waals surface area contributed by atoms with Gasteiger partial charge in [0, 0.05) is 18.1 Å². The molecule has 0 bridgehead atoms. The van der Waals surface area contributed by atoms with Gasteiger partial charge in [0.15, 0.2) is 0 Å². The maximum absolute atomic E-state index is 12.1. The molecule has 4 aliphatic rings. The zero-order chi connectivity index (χ0) is 18.0. The van der Waals surface area contributed by atoms with Crippen molar-refractivity contribution in [2.45, 2.75) is 77.2 Å². The van der Waals surface area contributed by atoms with Gasteiger partial charge in [0.25, 0.3) is 0 Å². The third-order valence-corrected chi connectivity index (χ3v) is 9.72. The Morgan fingerprint density at radius 2 is 1.80 bits per heavy atom. The maximum atomic E-state index is 12.1. The third kappa shape index (κ3) is 2.22. The van der Waals surface area contributed by atoms with Crippen LogP contribution >= 0.6 is 0 Å². The van der Waals surface area contributed by atoms with E-state index in [-0.39, 0.29) is 22.8 Å². The molecule has 0 heterocycles. The first-order valence-electron chi connectivity index (χ1n) is 10.5. The summed E-state index contributed by atoms with van der Waals surface area (Å²) in [6.07, 6.45) is 10.1. The Morgan fingerprint density at radius 3 is 2.48 bits per heavy atom. The molecule has 3 unspecified atom stereocenters. The highest BCUT2D eigenvalue weighted by molar-refractivity contribution is 5.78. The molecular formula is C21H36N2O2. The van der Waals surface area contributed by atoms with Gasteiger partial charge in [0.2, 0.25) is 5.91 Å². The molecule has 4 heteroatoms. The Bertz CT molecular complexity index is 566. The highest BCUT2D eigenvalue weighted by Gasteiger charge is 2.66. The molecular weight excluding hydrogens is 312 g/mol. The van der Waals surface area contributed by atoms with Crippen molar-refractivity contribution in [1.29, 1.82) is 0 Å². The van der Waals surface area contributed by atoms with Crippen molar-refractivity contribution >= 4 is 5.91 Å². The van der Waals surface area contributed by atoms with Crippen LogP contribution in [-0.4, -0.2) is 23.2 Å². The molecule has 4 saturated carbocycles. The zero-order valence-corrected chi connectivity index (χ0v) is 16.0. The lowest BCUT2D eigenvalue weighted by Crippen LogP contribution is -2.66. The van der Waals surface area contributed by atoms with Crippen molar-refractivity contribution in [2.75, 3.05) is 6.61 Å². The highest BCUT2D eigenvalue weighted by atomic mass is 16.3. The number of amides is 1. The topological polar surface area (TPSA) is 89.3 Å². The van der Waals surface area contributed by atoms with Crippen LogP contribution in [0.25, 0.3) is 0 Å². The number of primary amides is 1. The quantitative estimate of drug-likeness (QED) is 0.717. The molecule has 5 N–H and O–H groups in total. The Balaban J connectivity index is 1.64. The van der Waals surface area contributed by atoms with Gasteiger partial charge in [-0.25, -0.2) is 0 Å². The molecule has 4 fully saturated rings. The van der Waals surface area contributed by atoms with E-state index in [1.165, 1.54) is 32.1 Å². The molecule has 0 aromatic carbocycles. The molecule has 0 aromatic rings. The van der Waals surface area contributed by atoms with Gasteiger partial charge in [-0.2, -0.15) is 0 Å². The molecule has 4 rings (SSSR count). The van der Waals surface area contributed by atoms with E-state index in [0.717, 1.165) is 31.6 Å². The third-order valence-electron chi connectivity index (χ3n) is 9.72. The molecule has 8 atom stereocenters. The Kier molecular flexibility index (Phi) is 4.05. The molecule has 4 aliphatic carbocycles. The molecule has 0 aromatic heterocycles. The van der Waals surface area contributed by atoms with Gasteiger partial charge in [-0.05, 0) is 92.3 Å². The van der Waals surface area contributed by atoms with Crippen molar-refractivity contribution in [3.63, 3.8) is 0 Å². The highest BCUT2D eigenvalue weighted by Crippen LogP contribution is 2.68. The molecule has 25 heavy (non-hydrogen) atoms. The minimum atomic E-state index is -0.225. The SMILES string of the molecule is C[C@]12CCC(CO)CC1CC[C@@H]1[C@H]2CC[C@]2(C)C(C(N)=O)CC[C@@]12N. The zero-order valence-electron chi connectivity index (χ0n) is 16.0. The largest absolute Gasteiger partial charge is 0.396 e. The number of hydrogen-bond donors (Lipinski definition) is 3. The fourth-order valence-electron chi connectivity index (χ4n) is 8.04. The average molecular weight is 349 g/mol. The summed E-state index contributed by atoms with van der Waals surface area (Å²) in [4.78, 5) is 12.1. The van der Waals surface area contributed by atoms with Gasteiger partial charge in [-0.1, -0.05) is 13.8 Å². The van der Waals surface area contributed by atoms with E-state index in [1.807, 2.05) is 0 Å². The van der Waals surface area contributed by atoms with Crippen molar-refractivity contribution in [3.8, 4) is 0 Å². The van der Waals surface area contributed by atoms with E-state index in [2.05, 4.69) is 13.8 Å². The summed E-state index contributed by atoms with van der Waals surface area (Å²) >= 11 is 0. The van der Waals surface area contributed by atoms with Crippen LogP contribution in [0.2, 0.25) is 0 Å². The lowest BCUT2D eigenvalue weighted by molar-refractivity contribution is -0.142. The van der Waals surface area contributed by atoms with Crippen LogP contribution in [0.5, 0.6) is 0 Å². The van der Waals surface area contributed by atoms with E-state index in [9.17, 15) is 9.90 Å². The number of rotatable bonds is 2. The number of fused-ring (bicyclic) bond motifs is 5. The Hall–Kier alpha value is -0.610. The first-order valence-corrected chi connectivity index (χ1v) is 10.5. The molecule has 1 amide bonds. The fraction of sp³-hybridized carbons (Fsp3) is 0.952. The van der Waals surface area contributed by atoms with Gasteiger partial charge in [-0.3, -0.25) is 4.79 Å². The maximum Gasteiger partial charge on any atom is 0.221 e. The summed E-state index contributed by atoms with van der Waals surface area (Å²) in [5.74, 6) is 2.26. The molecule has 4 nitrogen and oxygen atoms in total. The van der Waals surface area contributed by atoms with E-state index in [0.29, 0.717) is 29.8 Å². The van der Waals surface area contributed by atoms with Crippen molar-refractivity contribution in [2.24, 2.45) is 51.9 Å². The summed E-state index contributed by atoms with van der Waals surface area (Å²) in [6, 6.07) is 0. The molecule has 0 spiro atoms. The number of hydrogen-bond acceptors (Lipinski definition) is 3. The van der Waals surface area contributed by atoms with Gasteiger partial charge < -0.3 is 16.6 Å². The number of nitrogens with two attached hydrogens (primary N) is 2. The molecule has 0 saturated heterocycles. The van der Waals surface area contributed by atoms with Gasteiger partial charge >= 0.3 is 0 Å². The van der Waals surface area contributed by atoms with Crippen molar-refractivity contribution < 1.29 is 9.90 Å². The second-order valence-corrected chi connectivity index (χ2v) is 10.3. The van der Waals surface area contributed by atoms with Gasteiger partial charge in [0.1, 0.15) is 0 Å². The van der Waals surface area contributed by atoms with E-state index >= 15 is 0 Å². The molecule has 142 valence electrons. The summed E-state index contributed by atoms with van der Waals surface area (Å²) < 4.78 is 0. The lowest BCUT2D eigenvalue weighted by atomic mass is 9.42. The number of aliphatic hydroxyl groups excluding tert-OH is 1. The normalized spacial score (nSPS) is 55.1. The van der Waals surface area contributed by atoms with Crippen LogP contribution in [0.4, 0.5) is 0 Å². The predicted octanol–water partition coefficient (Wildman–Crippen LogP) is 2.82. The summed E-state index contributed by atoms with van der Waals surface area (Å²) in [7, 11) is 0. The van der Waals surface area contributed by atoms with Crippen LogP contribution in [0, 0.1) is 40.4 Å². The van der Waals surface area contributed by atoms with Crippen molar-refractivity contribution in [1.82, 2.24) is 0 Å². The van der Waals surface area contributed by atoms with Crippen LogP contribution in [0.15, 0.2) is 0 Å². The Morgan fingerprint density at radius 1 is 1.04 bits per heavy atom. The molecule has 0 radical (unpaired) electrons. The first kappa shape index (κ1) is 17.8. The van der Waals surface area contributed by atoms with Crippen molar-refractivity contribution in [3.05, 3.63) is 0 Å². The predicted molar refractivity (Wildman–Crippen MR) is 98.4 cm³/mol. The summed E-state index contributed by atoms with van der Waals surface area (Å²) in [5.41, 5.74) is 13.0. The minimum Gasteiger partial charge on any atom is -0.396 e. The summed E-state index contributed by atoms with van der Waals surface area (Å²) in [5, 5.41) is 9.61. The number of carbonyl (C=O) groups is 1. The van der Waals surface area contributed by atoms with Crippen LogP contribution < -0.4 is 11.5 Å². The van der Waals surface area contributed by atoms with E-state index in [4.69, 9.17) is 11.5 Å². The van der Waals surface area contributed by atoms with Gasteiger partial charge in [-0.15, -0.1) is 0 Å². The van der Waals surface area contributed by atoms with Gasteiger partial charge in [0.05, 0.1) is 0 Å². The minimum absolute atomic E-state index is 0.0471. The second-order valence-electron chi connectivity index (χ2n) is 10.3. The molecule has 0 aliphatic heterocycles. The standard InChI is InChI=1S/C21H36N2O2/c1-19-8-5-13(12-24)11-14(19)3-4-16-15(19)6-9-20(2)17(18(22)25)7-10-21(16,20)23/h13-17,24H,3-12,23H2,1-2H3,(H2,22,25)/t13?,14?,15-,16-,17?,19+,20-,21-/m1/s1. The van der Waals surface area contributed by atoms with Crippen LogP contribution in [-0.2, 0) is 4.79 Å². The van der Waals surface area contributed by atoms with Crippen LogP contribution in [0.3, 0.4) is 0 Å². The second kappa shape index (κ2) is 5.69. The number of aliphatic hydroxyl groups is 1. The number of carbonyl (C=O) groups excluding carboxylic acids is 1. The Labute approximate surface area is 152 Å². The first-order chi connectivity index (χ1) is 11.8. The van der Waals surface area contributed by atoms with E-state index < -0.39 is 0 Å². The lowest BCUT2D eigenvalue weighted by Gasteiger charge is -2.64.